The molecule has 4 rings (SSSR count). The molecule has 1 fully saturated rings. The summed E-state index contributed by atoms with van der Waals surface area (Å²) < 4.78 is 12.2. The number of aromatic nitrogens is 1. The summed E-state index contributed by atoms with van der Waals surface area (Å²) in [7, 11) is 0. The number of ether oxygens (including phenoxy) is 2. The van der Waals surface area contributed by atoms with Crippen LogP contribution < -0.4 is 5.32 Å². The number of fused-ring (bicyclic) bond motifs is 1. The molecule has 1 amide bonds. The fraction of sp³-hybridized carbons (Fsp3) is 0.333. The highest BCUT2D eigenvalue weighted by Crippen LogP contribution is 2.30. The standard InChI is InChI=1S/C21H22N2O3S/c24-20(11-13-25-14-17-4-3-12-26-17)22-16-9-7-15(8-10-16)21-23-18-5-1-2-6-19(18)27-21/h1-2,5-10,17H,3-4,11-14H2,(H,22,24). The predicted molar refractivity (Wildman–Crippen MR) is 108 cm³/mol. The first kappa shape index (κ1) is 18.1. The molecule has 1 unspecified atom stereocenters. The van der Waals surface area contributed by atoms with Crippen LogP contribution in [0.1, 0.15) is 19.3 Å². The van der Waals surface area contributed by atoms with Crippen molar-refractivity contribution in [2.45, 2.75) is 25.4 Å². The van der Waals surface area contributed by atoms with Crippen LogP contribution in [0.3, 0.4) is 0 Å². The quantitative estimate of drug-likeness (QED) is 0.612. The first-order chi connectivity index (χ1) is 13.3. The van der Waals surface area contributed by atoms with Crippen LogP contribution in [0, 0.1) is 0 Å². The van der Waals surface area contributed by atoms with E-state index in [-0.39, 0.29) is 12.0 Å². The molecule has 27 heavy (non-hydrogen) atoms. The van der Waals surface area contributed by atoms with Crippen LogP contribution in [0.5, 0.6) is 0 Å². The molecule has 140 valence electrons. The molecular weight excluding hydrogens is 360 g/mol. The van der Waals surface area contributed by atoms with Crippen LogP contribution in [0.25, 0.3) is 20.8 Å². The van der Waals surface area contributed by atoms with Crippen molar-refractivity contribution in [2.24, 2.45) is 0 Å². The van der Waals surface area contributed by atoms with Crippen LogP contribution in [0.15, 0.2) is 48.5 Å². The van der Waals surface area contributed by atoms with Gasteiger partial charge in [-0.1, -0.05) is 12.1 Å². The van der Waals surface area contributed by atoms with E-state index < -0.39 is 0 Å². The minimum Gasteiger partial charge on any atom is -0.378 e. The van der Waals surface area contributed by atoms with Gasteiger partial charge in [-0.15, -0.1) is 11.3 Å². The SMILES string of the molecule is O=C(CCOCC1CCCO1)Nc1ccc(-c2nc3ccccc3s2)cc1. The molecule has 0 spiro atoms. The highest BCUT2D eigenvalue weighted by molar-refractivity contribution is 7.21. The largest absolute Gasteiger partial charge is 0.378 e. The van der Waals surface area contributed by atoms with Gasteiger partial charge in [0.1, 0.15) is 5.01 Å². The van der Waals surface area contributed by atoms with Crippen molar-refractivity contribution in [3.8, 4) is 10.6 Å². The van der Waals surface area contributed by atoms with Gasteiger partial charge in [0.2, 0.25) is 5.91 Å². The van der Waals surface area contributed by atoms with Crippen LogP contribution >= 0.6 is 11.3 Å². The number of rotatable bonds is 7. The van der Waals surface area contributed by atoms with E-state index in [1.807, 2.05) is 42.5 Å². The van der Waals surface area contributed by atoms with Crippen molar-refractivity contribution in [1.29, 1.82) is 0 Å². The maximum atomic E-state index is 12.0. The predicted octanol–water partition coefficient (Wildman–Crippen LogP) is 4.49. The summed E-state index contributed by atoms with van der Waals surface area (Å²) in [4.78, 5) is 16.7. The Labute approximate surface area is 162 Å². The molecule has 1 aliphatic rings. The van der Waals surface area contributed by atoms with Gasteiger partial charge >= 0.3 is 0 Å². The average molecular weight is 382 g/mol. The molecule has 1 atom stereocenters. The Morgan fingerprint density at radius 3 is 2.85 bits per heavy atom. The first-order valence-corrected chi connectivity index (χ1v) is 10.0. The van der Waals surface area contributed by atoms with Gasteiger partial charge in [-0.05, 0) is 49.2 Å². The van der Waals surface area contributed by atoms with Gasteiger partial charge in [0, 0.05) is 17.9 Å². The highest BCUT2D eigenvalue weighted by atomic mass is 32.1. The summed E-state index contributed by atoms with van der Waals surface area (Å²) in [5.41, 5.74) is 2.84. The minimum absolute atomic E-state index is 0.0462. The number of nitrogens with zero attached hydrogens (tertiary/aromatic N) is 1. The topological polar surface area (TPSA) is 60.5 Å². The van der Waals surface area contributed by atoms with E-state index in [9.17, 15) is 4.79 Å². The van der Waals surface area contributed by atoms with Crippen LogP contribution in [0.2, 0.25) is 0 Å². The smallest absolute Gasteiger partial charge is 0.226 e. The number of anilines is 1. The van der Waals surface area contributed by atoms with Crippen LogP contribution in [-0.2, 0) is 14.3 Å². The van der Waals surface area contributed by atoms with Crippen molar-refractivity contribution < 1.29 is 14.3 Å². The first-order valence-electron chi connectivity index (χ1n) is 9.23. The second-order valence-electron chi connectivity index (χ2n) is 6.57. The molecule has 0 aliphatic carbocycles. The normalized spacial score (nSPS) is 16.7. The van der Waals surface area contributed by atoms with Gasteiger partial charge in [-0.2, -0.15) is 0 Å². The second-order valence-corrected chi connectivity index (χ2v) is 7.60. The van der Waals surface area contributed by atoms with Gasteiger partial charge < -0.3 is 14.8 Å². The third-order valence-corrected chi connectivity index (χ3v) is 5.60. The molecule has 2 aromatic carbocycles. The Hall–Kier alpha value is -2.28. The number of hydrogen-bond donors (Lipinski definition) is 1. The Balaban J connectivity index is 1.27. The lowest BCUT2D eigenvalue weighted by molar-refractivity contribution is -0.117. The number of hydrogen-bond acceptors (Lipinski definition) is 5. The summed E-state index contributed by atoms with van der Waals surface area (Å²) in [5, 5.41) is 3.89. The minimum atomic E-state index is -0.0462. The maximum absolute atomic E-state index is 12.0. The van der Waals surface area contributed by atoms with E-state index in [0.29, 0.717) is 19.6 Å². The molecular formula is C21H22N2O3S. The van der Waals surface area contributed by atoms with Crippen molar-refractivity contribution >= 4 is 33.1 Å². The van der Waals surface area contributed by atoms with Crippen molar-refractivity contribution in [2.75, 3.05) is 25.1 Å². The second kappa shape index (κ2) is 8.61. The van der Waals surface area contributed by atoms with E-state index in [2.05, 4.69) is 16.4 Å². The zero-order valence-electron chi connectivity index (χ0n) is 15.0. The van der Waals surface area contributed by atoms with Gasteiger partial charge in [0.15, 0.2) is 0 Å². The van der Waals surface area contributed by atoms with Gasteiger partial charge in [0.05, 0.1) is 36.0 Å². The number of amides is 1. The Morgan fingerprint density at radius 2 is 2.07 bits per heavy atom. The molecule has 1 N–H and O–H groups in total. The van der Waals surface area contributed by atoms with Crippen molar-refractivity contribution in [3.63, 3.8) is 0 Å². The lowest BCUT2D eigenvalue weighted by Crippen LogP contribution is -2.18. The highest BCUT2D eigenvalue weighted by Gasteiger charge is 2.15. The number of carbonyl (C=O) groups excluding carboxylic acids is 1. The van der Waals surface area contributed by atoms with Gasteiger partial charge in [-0.3, -0.25) is 4.79 Å². The molecule has 6 heteroatoms. The van der Waals surface area contributed by atoms with Crippen LogP contribution in [0.4, 0.5) is 5.69 Å². The lowest BCUT2D eigenvalue weighted by Gasteiger charge is -2.10. The number of benzene rings is 2. The zero-order chi connectivity index (χ0) is 18.5. The molecule has 0 saturated carbocycles. The maximum Gasteiger partial charge on any atom is 0.226 e. The fourth-order valence-corrected chi connectivity index (χ4v) is 4.04. The van der Waals surface area contributed by atoms with Gasteiger partial charge in [0.25, 0.3) is 0 Å². The molecule has 0 bridgehead atoms. The Kier molecular flexibility index (Phi) is 5.77. The fourth-order valence-electron chi connectivity index (χ4n) is 3.07. The summed E-state index contributed by atoms with van der Waals surface area (Å²) in [5.74, 6) is -0.0462. The molecule has 1 saturated heterocycles. The molecule has 0 radical (unpaired) electrons. The van der Waals surface area contributed by atoms with E-state index >= 15 is 0 Å². The zero-order valence-corrected chi connectivity index (χ0v) is 15.8. The van der Waals surface area contributed by atoms with E-state index in [1.54, 1.807) is 11.3 Å². The average Bonchev–Trinajstić information content (AvgIpc) is 3.35. The Morgan fingerprint density at radius 1 is 1.22 bits per heavy atom. The monoisotopic (exact) mass is 382 g/mol. The summed E-state index contributed by atoms with van der Waals surface area (Å²) in [6.45, 7) is 1.81. The summed E-state index contributed by atoms with van der Waals surface area (Å²) >= 11 is 1.67. The Bertz CT molecular complexity index is 868. The van der Waals surface area contributed by atoms with Crippen LogP contribution in [-0.4, -0.2) is 36.8 Å². The molecule has 3 aromatic rings. The number of carbonyl (C=O) groups is 1. The summed E-state index contributed by atoms with van der Waals surface area (Å²) in [6.07, 6.45) is 2.68. The summed E-state index contributed by atoms with van der Waals surface area (Å²) in [6, 6.07) is 15.9. The van der Waals surface area contributed by atoms with E-state index in [0.717, 1.165) is 41.2 Å². The van der Waals surface area contributed by atoms with Crippen molar-refractivity contribution in [1.82, 2.24) is 4.98 Å². The number of thiazole rings is 1. The number of nitrogens with one attached hydrogen (secondary N) is 1. The third-order valence-electron chi connectivity index (χ3n) is 4.51. The van der Waals surface area contributed by atoms with E-state index in [1.165, 1.54) is 4.70 Å². The molecule has 2 heterocycles. The number of para-hydroxylation sites is 1. The lowest BCUT2D eigenvalue weighted by atomic mass is 10.2. The third kappa shape index (κ3) is 4.71. The molecule has 5 nitrogen and oxygen atoms in total. The van der Waals surface area contributed by atoms with E-state index in [4.69, 9.17) is 9.47 Å². The molecule has 1 aromatic heterocycles. The van der Waals surface area contributed by atoms with Gasteiger partial charge in [-0.25, -0.2) is 4.98 Å². The van der Waals surface area contributed by atoms with Crippen molar-refractivity contribution in [3.05, 3.63) is 48.5 Å². The molecule has 1 aliphatic heterocycles.